The number of carbonyl (C=O) groups is 1. The number of aryl methyl sites for hydroxylation is 1. The lowest BCUT2D eigenvalue weighted by molar-refractivity contribution is 0.103. The first-order chi connectivity index (χ1) is 14.6. The van der Waals surface area contributed by atoms with E-state index in [2.05, 4.69) is 6.92 Å². The number of hydrogen-bond donors (Lipinski definition) is 0. The molecule has 0 bridgehead atoms. The van der Waals surface area contributed by atoms with Gasteiger partial charge in [0.05, 0.1) is 26.4 Å². The molecular weight excluding hydrogens is 380 g/mol. The molecule has 0 saturated carbocycles. The molecule has 0 aliphatic carbocycles. The van der Waals surface area contributed by atoms with Crippen molar-refractivity contribution < 1.29 is 23.7 Å². The second kappa shape index (κ2) is 11.9. The molecule has 0 amide bonds. The van der Waals surface area contributed by atoms with E-state index >= 15 is 0 Å². The smallest absolute Gasteiger partial charge is 0.193 e. The lowest BCUT2D eigenvalue weighted by Crippen LogP contribution is -2.08. The van der Waals surface area contributed by atoms with Gasteiger partial charge in [-0.1, -0.05) is 13.0 Å². The molecular formula is C25H32O5. The van der Waals surface area contributed by atoms with Crippen molar-refractivity contribution in [1.82, 2.24) is 0 Å². The maximum atomic E-state index is 13.2. The zero-order chi connectivity index (χ0) is 21.9. The van der Waals surface area contributed by atoms with Gasteiger partial charge in [0, 0.05) is 5.56 Å². The molecule has 162 valence electrons. The summed E-state index contributed by atoms with van der Waals surface area (Å²) in [6.07, 6.45) is 4.22. The number of hydrogen-bond acceptors (Lipinski definition) is 5. The number of carbonyl (C=O) groups excluding carboxylic acids is 1. The van der Waals surface area contributed by atoms with Gasteiger partial charge < -0.3 is 18.9 Å². The fourth-order valence-corrected chi connectivity index (χ4v) is 3.10. The van der Waals surface area contributed by atoms with Crippen LogP contribution >= 0.6 is 0 Å². The van der Waals surface area contributed by atoms with E-state index in [4.69, 9.17) is 18.9 Å². The minimum Gasteiger partial charge on any atom is -0.493 e. The lowest BCUT2D eigenvalue weighted by atomic mass is 10.0. The molecule has 2 aromatic carbocycles. The fourth-order valence-electron chi connectivity index (χ4n) is 3.10. The molecule has 0 aromatic heterocycles. The van der Waals surface area contributed by atoms with Crippen LogP contribution in [0.1, 0.15) is 56.1 Å². The van der Waals surface area contributed by atoms with Gasteiger partial charge in [-0.15, -0.1) is 0 Å². The van der Waals surface area contributed by atoms with Crippen LogP contribution in [0.25, 0.3) is 6.08 Å². The highest BCUT2D eigenvalue weighted by Crippen LogP contribution is 2.38. The number of ketones is 1. The summed E-state index contributed by atoms with van der Waals surface area (Å²) in [6, 6.07) is 9.55. The van der Waals surface area contributed by atoms with Gasteiger partial charge in [-0.3, -0.25) is 4.79 Å². The Morgan fingerprint density at radius 2 is 1.33 bits per heavy atom. The molecule has 0 heterocycles. The SMILES string of the molecule is CCOc1ccc(CC)cc1/C=C\C(=O)c1c(OCC)ccc(OCC)c1OCC. The standard InChI is InChI=1S/C25H32O5/c1-6-18-11-14-21(27-7-2)19(17-18)12-13-20(26)24-22(28-8-3)15-16-23(29-9-4)25(24)30-10-5/h11-17H,6-10H2,1-5H3/b13-12-. The summed E-state index contributed by atoms with van der Waals surface area (Å²) in [5, 5.41) is 0. The Hall–Kier alpha value is -2.95. The van der Waals surface area contributed by atoms with Gasteiger partial charge in [0.15, 0.2) is 17.3 Å². The largest absolute Gasteiger partial charge is 0.493 e. The molecule has 0 fully saturated rings. The van der Waals surface area contributed by atoms with Crippen LogP contribution in [0, 0.1) is 0 Å². The van der Waals surface area contributed by atoms with E-state index in [1.54, 1.807) is 18.2 Å². The maximum Gasteiger partial charge on any atom is 0.193 e. The van der Waals surface area contributed by atoms with Gasteiger partial charge in [-0.05, 0) is 76.1 Å². The van der Waals surface area contributed by atoms with Gasteiger partial charge in [-0.25, -0.2) is 0 Å². The van der Waals surface area contributed by atoms with E-state index in [1.165, 1.54) is 11.6 Å². The van der Waals surface area contributed by atoms with Crippen LogP contribution < -0.4 is 18.9 Å². The van der Waals surface area contributed by atoms with Crippen LogP contribution in [-0.2, 0) is 6.42 Å². The predicted octanol–water partition coefficient (Wildman–Crippen LogP) is 5.74. The van der Waals surface area contributed by atoms with Gasteiger partial charge in [-0.2, -0.15) is 0 Å². The van der Waals surface area contributed by atoms with Crippen LogP contribution in [0.3, 0.4) is 0 Å². The Balaban J connectivity index is 2.50. The normalized spacial score (nSPS) is 10.8. The molecule has 5 nitrogen and oxygen atoms in total. The Morgan fingerprint density at radius 3 is 1.97 bits per heavy atom. The highest BCUT2D eigenvalue weighted by Gasteiger charge is 2.22. The monoisotopic (exact) mass is 412 g/mol. The summed E-state index contributed by atoms with van der Waals surface area (Å²) < 4.78 is 22.9. The van der Waals surface area contributed by atoms with E-state index < -0.39 is 0 Å². The molecule has 0 aliphatic rings. The highest BCUT2D eigenvalue weighted by atomic mass is 16.5. The lowest BCUT2D eigenvalue weighted by Gasteiger charge is -2.17. The van der Waals surface area contributed by atoms with E-state index in [0.29, 0.717) is 49.2 Å². The molecule has 0 N–H and O–H groups in total. The first kappa shape index (κ1) is 23.3. The number of rotatable bonds is 12. The Labute approximate surface area is 179 Å². The van der Waals surface area contributed by atoms with E-state index in [1.807, 2.05) is 45.9 Å². The summed E-state index contributed by atoms with van der Waals surface area (Å²) in [5.41, 5.74) is 2.40. The third kappa shape index (κ3) is 5.78. The van der Waals surface area contributed by atoms with Gasteiger partial charge in [0.1, 0.15) is 17.1 Å². The Kier molecular flexibility index (Phi) is 9.26. The molecule has 5 heteroatoms. The van der Waals surface area contributed by atoms with Gasteiger partial charge >= 0.3 is 0 Å². The molecule has 30 heavy (non-hydrogen) atoms. The van der Waals surface area contributed by atoms with Crippen LogP contribution in [0.5, 0.6) is 23.0 Å². The van der Waals surface area contributed by atoms with E-state index in [9.17, 15) is 4.79 Å². The summed E-state index contributed by atoms with van der Waals surface area (Å²) >= 11 is 0. The molecule has 2 aromatic rings. The number of allylic oxidation sites excluding steroid dienone is 1. The third-order valence-electron chi connectivity index (χ3n) is 4.41. The van der Waals surface area contributed by atoms with Crippen molar-refractivity contribution in [1.29, 1.82) is 0 Å². The zero-order valence-corrected chi connectivity index (χ0v) is 18.6. The summed E-state index contributed by atoms with van der Waals surface area (Å²) in [4.78, 5) is 13.2. The van der Waals surface area contributed by atoms with E-state index in [0.717, 1.165) is 17.7 Å². The molecule has 2 rings (SSSR count). The summed E-state index contributed by atoms with van der Waals surface area (Å²) in [6.45, 7) is 11.6. The quantitative estimate of drug-likeness (QED) is 0.329. The van der Waals surface area contributed by atoms with E-state index in [-0.39, 0.29) is 5.78 Å². The van der Waals surface area contributed by atoms with Gasteiger partial charge in [0.2, 0.25) is 0 Å². The van der Waals surface area contributed by atoms with Crippen molar-refractivity contribution in [3.63, 3.8) is 0 Å². The molecule has 0 saturated heterocycles. The molecule has 0 radical (unpaired) electrons. The second-order valence-corrected chi connectivity index (χ2v) is 6.42. The third-order valence-corrected chi connectivity index (χ3v) is 4.41. The van der Waals surface area contributed by atoms with Crippen LogP contribution in [0.2, 0.25) is 0 Å². The van der Waals surface area contributed by atoms with Crippen molar-refractivity contribution in [2.45, 2.75) is 41.0 Å². The predicted molar refractivity (Wildman–Crippen MR) is 120 cm³/mol. The topological polar surface area (TPSA) is 54.0 Å². The van der Waals surface area contributed by atoms with Crippen molar-refractivity contribution >= 4 is 11.9 Å². The van der Waals surface area contributed by atoms with Crippen molar-refractivity contribution in [3.05, 3.63) is 53.1 Å². The van der Waals surface area contributed by atoms with Crippen LogP contribution in [0.15, 0.2) is 36.4 Å². The average molecular weight is 413 g/mol. The summed E-state index contributed by atoms with van der Waals surface area (Å²) in [7, 11) is 0. The number of benzene rings is 2. The maximum absolute atomic E-state index is 13.2. The van der Waals surface area contributed by atoms with Crippen LogP contribution in [-0.4, -0.2) is 32.2 Å². The van der Waals surface area contributed by atoms with Crippen molar-refractivity contribution in [2.75, 3.05) is 26.4 Å². The Bertz CT molecular complexity index is 870. The fraction of sp³-hybridized carbons (Fsp3) is 0.400. The first-order valence-corrected chi connectivity index (χ1v) is 10.6. The zero-order valence-electron chi connectivity index (χ0n) is 18.6. The van der Waals surface area contributed by atoms with Crippen molar-refractivity contribution in [3.8, 4) is 23.0 Å². The van der Waals surface area contributed by atoms with Crippen LogP contribution in [0.4, 0.5) is 0 Å². The minimum absolute atomic E-state index is 0.215. The van der Waals surface area contributed by atoms with Gasteiger partial charge in [0.25, 0.3) is 0 Å². The number of ether oxygens (including phenoxy) is 4. The molecule has 0 aliphatic heterocycles. The molecule has 0 unspecified atom stereocenters. The first-order valence-electron chi connectivity index (χ1n) is 10.6. The highest BCUT2D eigenvalue weighted by molar-refractivity contribution is 6.11. The molecule has 0 spiro atoms. The average Bonchev–Trinajstić information content (AvgIpc) is 2.75. The Morgan fingerprint density at radius 1 is 0.767 bits per heavy atom. The minimum atomic E-state index is -0.215. The second-order valence-electron chi connectivity index (χ2n) is 6.42. The molecule has 0 atom stereocenters. The van der Waals surface area contributed by atoms with Crippen molar-refractivity contribution in [2.24, 2.45) is 0 Å². The summed E-state index contributed by atoms with van der Waals surface area (Å²) in [5.74, 6) is 1.95.